The molecule has 0 unspecified atom stereocenters. The molecule has 0 saturated carbocycles. The molecule has 0 aliphatic rings. The highest BCUT2D eigenvalue weighted by molar-refractivity contribution is 5.89. The van der Waals surface area contributed by atoms with Gasteiger partial charge in [0, 0.05) is 18.3 Å². The van der Waals surface area contributed by atoms with Gasteiger partial charge in [0.15, 0.2) is 0 Å². The van der Waals surface area contributed by atoms with Crippen molar-refractivity contribution in [2.45, 2.75) is 20.8 Å². The van der Waals surface area contributed by atoms with Gasteiger partial charge in [-0.25, -0.2) is 9.59 Å². The van der Waals surface area contributed by atoms with Crippen LogP contribution in [0.15, 0.2) is 30.3 Å². The van der Waals surface area contributed by atoms with Crippen molar-refractivity contribution in [3.8, 4) is 0 Å². The Morgan fingerprint density at radius 1 is 1.20 bits per heavy atom. The van der Waals surface area contributed by atoms with E-state index in [1.54, 1.807) is 24.3 Å². The molecule has 0 fully saturated rings. The Bertz CT molecular complexity index is 499. The third-order valence-electron chi connectivity index (χ3n) is 2.37. The zero-order valence-corrected chi connectivity index (χ0v) is 11.9. The smallest absolute Gasteiger partial charge is 0.328 e. The molecule has 0 spiro atoms. The van der Waals surface area contributed by atoms with Crippen LogP contribution in [0.1, 0.15) is 26.3 Å². The summed E-state index contributed by atoms with van der Waals surface area (Å²) >= 11 is 0. The van der Waals surface area contributed by atoms with Gasteiger partial charge in [0.25, 0.3) is 0 Å². The first kappa shape index (κ1) is 15.8. The van der Waals surface area contributed by atoms with Crippen molar-refractivity contribution in [1.29, 1.82) is 0 Å². The number of carboxylic acid groups (broad SMARTS) is 1. The minimum atomic E-state index is -0.992. The molecule has 1 aromatic carbocycles. The van der Waals surface area contributed by atoms with Crippen LogP contribution in [0.5, 0.6) is 0 Å². The van der Waals surface area contributed by atoms with E-state index < -0.39 is 5.97 Å². The van der Waals surface area contributed by atoms with Gasteiger partial charge in [0.1, 0.15) is 0 Å². The summed E-state index contributed by atoms with van der Waals surface area (Å²) in [5, 5.41) is 14.0. The number of anilines is 1. The van der Waals surface area contributed by atoms with Crippen LogP contribution in [0.4, 0.5) is 10.5 Å². The molecular formula is C15H20N2O3. The lowest BCUT2D eigenvalue weighted by molar-refractivity contribution is -0.131. The number of rotatable bonds is 4. The van der Waals surface area contributed by atoms with E-state index in [0.717, 1.165) is 11.6 Å². The zero-order chi connectivity index (χ0) is 15.2. The molecule has 3 N–H and O–H groups in total. The lowest BCUT2D eigenvalue weighted by atomic mass is 9.97. The third-order valence-corrected chi connectivity index (χ3v) is 2.37. The van der Waals surface area contributed by atoms with Crippen molar-refractivity contribution in [1.82, 2.24) is 5.32 Å². The molecule has 0 saturated heterocycles. The predicted molar refractivity (Wildman–Crippen MR) is 79.6 cm³/mol. The van der Waals surface area contributed by atoms with Gasteiger partial charge >= 0.3 is 12.0 Å². The summed E-state index contributed by atoms with van der Waals surface area (Å²) < 4.78 is 0. The number of aliphatic carboxylic acids is 1. The van der Waals surface area contributed by atoms with Crippen molar-refractivity contribution in [2.75, 3.05) is 11.9 Å². The Balaban J connectivity index is 2.53. The van der Waals surface area contributed by atoms with Crippen LogP contribution in [-0.4, -0.2) is 23.7 Å². The first-order valence-electron chi connectivity index (χ1n) is 6.32. The van der Waals surface area contributed by atoms with Gasteiger partial charge in [-0.2, -0.15) is 0 Å². The van der Waals surface area contributed by atoms with Crippen molar-refractivity contribution < 1.29 is 14.7 Å². The number of hydrogen-bond donors (Lipinski definition) is 3. The quantitative estimate of drug-likeness (QED) is 0.740. The van der Waals surface area contributed by atoms with Crippen molar-refractivity contribution >= 4 is 23.8 Å². The molecule has 0 aliphatic heterocycles. The maximum atomic E-state index is 11.6. The largest absolute Gasteiger partial charge is 0.478 e. The van der Waals surface area contributed by atoms with Gasteiger partial charge in [-0.3, -0.25) is 0 Å². The number of urea groups is 1. The average Bonchev–Trinajstić information content (AvgIpc) is 2.35. The van der Waals surface area contributed by atoms with Gasteiger partial charge in [-0.1, -0.05) is 32.9 Å². The van der Waals surface area contributed by atoms with Crippen LogP contribution in [0.3, 0.4) is 0 Å². The molecular weight excluding hydrogens is 256 g/mol. The molecule has 108 valence electrons. The second-order valence-electron chi connectivity index (χ2n) is 5.66. The molecule has 2 amide bonds. The zero-order valence-electron chi connectivity index (χ0n) is 11.9. The number of benzene rings is 1. The standard InChI is InChI=1S/C15H20N2O3/c1-15(2,3)10-16-14(20)17-12-7-4-11(5-8-12)6-9-13(18)19/h4-9H,10H2,1-3H3,(H,18,19)(H2,16,17,20)/b9-6+. The molecule has 0 atom stereocenters. The van der Waals surface area contributed by atoms with E-state index in [1.165, 1.54) is 6.08 Å². The van der Waals surface area contributed by atoms with Crippen LogP contribution in [0.2, 0.25) is 0 Å². The fraction of sp³-hybridized carbons (Fsp3) is 0.333. The van der Waals surface area contributed by atoms with Crippen LogP contribution in [0.25, 0.3) is 6.08 Å². The Hall–Kier alpha value is -2.30. The predicted octanol–water partition coefficient (Wildman–Crippen LogP) is 2.95. The molecule has 20 heavy (non-hydrogen) atoms. The molecule has 0 radical (unpaired) electrons. The first-order valence-corrected chi connectivity index (χ1v) is 6.32. The van der Waals surface area contributed by atoms with E-state index in [4.69, 9.17) is 5.11 Å². The van der Waals surface area contributed by atoms with Crippen LogP contribution >= 0.6 is 0 Å². The highest BCUT2D eigenvalue weighted by Crippen LogP contribution is 2.12. The molecule has 5 nitrogen and oxygen atoms in total. The van der Waals surface area contributed by atoms with Crippen molar-refractivity contribution in [3.05, 3.63) is 35.9 Å². The summed E-state index contributed by atoms with van der Waals surface area (Å²) in [6.45, 7) is 6.70. The maximum Gasteiger partial charge on any atom is 0.328 e. The summed E-state index contributed by atoms with van der Waals surface area (Å²) in [5.74, 6) is -0.992. The Morgan fingerprint density at radius 3 is 2.30 bits per heavy atom. The van der Waals surface area contributed by atoms with E-state index in [0.29, 0.717) is 12.2 Å². The number of hydrogen-bond acceptors (Lipinski definition) is 2. The van der Waals surface area contributed by atoms with Crippen LogP contribution in [-0.2, 0) is 4.79 Å². The number of carbonyl (C=O) groups excluding carboxylic acids is 1. The van der Waals surface area contributed by atoms with Gasteiger partial charge in [-0.05, 0) is 29.2 Å². The summed E-state index contributed by atoms with van der Waals surface area (Å²) in [7, 11) is 0. The number of carbonyl (C=O) groups is 2. The Labute approximate surface area is 118 Å². The second kappa shape index (κ2) is 6.75. The van der Waals surface area contributed by atoms with Crippen molar-refractivity contribution in [3.63, 3.8) is 0 Å². The average molecular weight is 276 g/mol. The van der Waals surface area contributed by atoms with E-state index in [1.807, 2.05) is 20.8 Å². The highest BCUT2D eigenvalue weighted by Gasteiger charge is 2.11. The van der Waals surface area contributed by atoms with Crippen LogP contribution < -0.4 is 10.6 Å². The van der Waals surface area contributed by atoms with E-state index in [2.05, 4.69) is 10.6 Å². The lowest BCUT2D eigenvalue weighted by Crippen LogP contribution is -2.35. The summed E-state index contributed by atoms with van der Waals surface area (Å²) in [5.41, 5.74) is 1.44. The normalized spacial score (nSPS) is 11.3. The Kier molecular flexibility index (Phi) is 5.32. The van der Waals surface area contributed by atoms with Gasteiger partial charge in [-0.15, -0.1) is 0 Å². The van der Waals surface area contributed by atoms with Gasteiger partial charge < -0.3 is 15.7 Å². The topological polar surface area (TPSA) is 78.4 Å². The van der Waals surface area contributed by atoms with Gasteiger partial charge in [0.2, 0.25) is 0 Å². The molecule has 0 aromatic heterocycles. The third kappa shape index (κ3) is 6.58. The number of nitrogens with one attached hydrogen (secondary N) is 2. The molecule has 1 aromatic rings. The van der Waals surface area contributed by atoms with E-state index in [-0.39, 0.29) is 11.4 Å². The monoisotopic (exact) mass is 276 g/mol. The fourth-order valence-electron chi connectivity index (χ4n) is 1.37. The SMILES string of the molecule is CC(C)(C)CNC(=O)Nc1ccc(/C=C/C(=O)O)cc1. The summed E-state index contributed by atoms with van der Waals surface area (Å²) in [6.07, 6.45) is 2.56. The summed E-state index contributed by atoms with van der Waals surface area (Å²) in [4.78, 5) is 22.0. The maximum absolute atomic E-state index is 11.6. The van der Waals surface area contributed by atoms with Gasteiger partial charge in [0.05, 0.1) is 0 Å². The Morgan fingerprint density at radius 2 is 1.80 bits per heavy atom. The van der Waals surface area contributed by atoms with Crippen LogP contribution in [0, 0.1) is 5.41 Å². The minimum Gasteiger partial charge on any atom is -0.478 e. The van der Waals surface area contributed by atoms with E-state index in [9.17, 15) is 9.59 Å². The lowest BCUT2D eigenvalue weighted by Gasteiger charge is -2.18. The number of carboxylic acids is 1. The van der Waals surface area contributed by atoms with E-state index >= 15 is 0 Å². The first-order chi connectivity index (χ1) is 9.26. The fourth-order valence-corrected chi connectivity index (χ4v) is 1.37. The number of amides is 2. The molecule has 0 bridgehead atoms. The second-order valence-corrected chi connectivity index (χ2v) is 5.66. The minimum absolute atomic E-state index is 0.0306. The molecule has 5 heteroatoms. The summed E-state index contributed by atoms with van der Waals surface area (Å²) in [6, 6.07) is 6.65. The van der Waals surface area contributed by atoms with Crippen molar-refractivity contribution in [2.24, 2.45) is 5.41 Å². The molecule has 0 aliphatic carbocycles. The highest BCUT2D eigenvalue weighted by atomic mass is 16.4. The molecule has 1 rings (SSSR count). The molecule has 0 heterocycles.